The Bertz CT molecular complexity index is 888. The van der Waals surface area contributed by atoms with Crippen LogP contribution in [0.3, 0.4) is 0 Å². The van der Waals surface area contributed by atoms with E-state index < -0.39 is 32.2 Å². The predicted octanol–water partition coefficient (Wildman–Crippen LogP) is 2.47. The maximum atomic E-state index is 13.1. The minimum absolute atomic E-state index is 0.0658. The smallest absolute Gasteiger partial charge is 0.183 e. The average Bonchev–Trinajstić information content (AvgIpc) is 3.27. The van der Waals surface area contributed by atoms with Gasteiger partial charge in [-0.2, -0.15) is 5.26 Å². The molecule has 3 unspecified atom stereocenters. The Morgan fingerprint density at radius 1 is 1.09 bits per heavy atom. The van der Waals surface area contributed by atoms with Gasteiger partial charge in [-0.15, -0.1) is 0 Å². The molecule has 1 fully saturated rings. The largest absolute Gasteiger partial charge is 0.302 e. The zero-order chi connectivity index (χ0) is 16.7. The van der Waals surface area contributed by atoms with E-state index in [4.69, 9.17) is 0 Å². The minimum Gasteiger partial charge on any atom is -0.302 e. The summed E-state index contributed by atoms with van der Waals surface area (Å²) in [6, 6.07) is 14.8. The third kappa shape index (κ3) is 2.25. The number of carbonyl (C=O) groups excluding carboxylic acids is 1. The number of nitriles is 1. The molecule has 0 N–H and O–H groups in total. The van der Waals surface area contributed by atoms with Gasteiger partial charge in [-0.05, 0) is 29.8 Å². The molecule has 1 saturated carbocycles. The van der Waals surface area contributed by atoms with Gasteiger partial charge in [0.15, 0.2) is 9.84 Å². The number of aldehydes is 1. The maximum Gasteiger partial charge on any atom is 0.183 e. The van der Waals surface area contributed by atoms with Gasteiger partial charge < -0.3 is 4.79 Å². The lowest BCUT2D eigenvalue weighted by atomic mass is 10.0. The average molecular weight is 329 g/mol. The second-order valence-corrected chi connectivity index (χ2v) is 7.54. The van der Waals surface area contributed by atoms with Crippen LogP contribution in [0.5, 0.6) is 0 Å². The molecule has 3 atom stereocenters. The lowest BCUT2D eigenvalue weighted by molar-refractivity contribution is -0.110. The van der Waals surface area contributed by atoms with Gasteiger partial charge in [0.05, 0.1) is 11.0 Å². The molecule has 0 saturated heterocycles. The first kappa shape index (κ1) is 15.4. The Balaban J connectivity index is 2.09. The minimum atomic E-state index is -3.85. The molecule has 1 aliphatic carbocycles. The van der Waals surface area contributed by atoms with Crippen molar-refractivity contribution in [1.82, 2.24) is 0 Å². The first-order valence-electron chi connectivity index (χ1n) is 6.89. The van der Waals surface area contributed by atoms with Crippen molar-refractivity contribution >= 4 is 16.1 Å². The number of halogens is 1. The van der Waals surface area contributed by atoms with E-state index in [1.165, 1.54) is 36.4 Å². The monoisotopic (exact) mass is 329 g/mol. The summed E-state index contributed by atoms with van der Waals surface area (Å²) in [7, 11) is -3.85. The van der Waals surface area contributed by atoms with Gasteiger partial charge in [-0.25, -0.2) is 12.8 Å². The van der Waals surface area contributed by atoms with E-state index in [0.29, 0.717) is 11.8 Å². The molecular weight excluding hydrogens is 317 g/mol. The molecule has 116 valence electrons. The van der Waals surface area contributed by atoms with Crippen LogP contribution in [0.25, 0.3) is 0 Å². The summed E-state index contributed by atoms with van der Waals surface area (Å²) in [4.78, 5) is 11.6. The van der Waals surface area contributed by atoms with Gasteiger partial charge in [0, 0.05) is 5.92 Å². The second kappa shape index (κ2) is 5.28. The quantitative estimate of drug-likeness (QED) is 0.808. The summed E-state index contributed by atoms with van der Waals surface area (Å²) < 4.78 is 38.7. The molecule has 2 aromatic carbocycles. The van der Waals surface area contributed by atoms with Crippen molar-refractivity contribution in [3.8, 4) is 6.07 Å². The molecule has 1 aliphatic rings. The van der Waals surface area contributed by atoms with Gasteiger partial charge in [0.1, 0.15) is 22.8 Å². The van der Waals surface area contributed by atoms with Crippen LogP contribution in [0.1, 0.15) is 11.5 Å². The van der Waals surface area contributed by atoms with Gasteiger partial charge in [0.2, 0.25) is 0 Å². The molecular formula is C17H12FNO3S. The van der Waals surface area contributed by atoms with Crippen molar-refractivity contribution in [3.63, 3.8) is 0 Å². The van der Waals surface area contributed by atoms with Crippen LogP contribution in [-0.2, 0) is 14.6 Å². The fourth-order valence-electron chi connectivity index (χ4n) is 2.99. The number of carbonyl (C=O) groups is 1. The Kier molecular flexibility index (Phi) is 3.53. The van der Waals surface area contributed by atoms with Crippen molar-refractivity contribution in [2.45, 2.75) is 16.1 Å². The van der Waals surface area contributed by atoms with Crippen LogP contribution < -0.4 is 0 Å². The summed E-state index contributed by atoms with van der Waals surface area (Å²) in [6.07, 6.45) is 0.395. The zero-order valence-corrected chi connectivity index (χ0v) is 12.7. The summed E-state index contributed by atoms with van der Waals surface area (Å²) in [5, 5.41) is 8.24. The molecule has 0 aromatic heterocycles. The van der Waals surface area contributed by atoms with Gasteiger partial charge in [-0.1, -0.05) is 30.3 Å². The van der Waals surface area contributed by atoms with E-state index in [9.17, 15) is 22.9 Å². The summed E-state index contributed by atoms with van der Waals surface area (Å²) in [5.41, 5.74) is -1.17. The fraction of sp³-hybridized carbons (Fsp3) is 0.176. The highest BCUT2D eigenvalue weighted by molar-refractivity contribution is 7.92. The van der Waals surface area contributed by atoms with Crippen LogP contribution in [0.2, 0.25) is 0 Å². The van der Waals surface area contributed by atoms with Crippen molar-refractivity contribution in [1.29, 1.82) is 5.26 Å². The topological polar surface area (TPSA) is 75.0 Å². The third-order valence-corrected chi connectivity index (χ3v) is 6.46. The van der Waals surface area contributed by atoms with Crippen molar-refractivity contribution in [2.24, 2.45) is 5.41 Å². The van der Waals surface area contributed by atoms with Crippen molar-refractivity contribution in [2.75, 3.05) is 0 Å². The highest BCUT2D eigenvalue weighted by atomic mass is 32.2. The molecule has 3 rings (SSSR count). The molecule has 4 nitrogen and oxygen atoms in total. The molecule has 6 heteroatoms. The van der Waals surface area contributed by atoms with E-state index in [0.717, 1.165) is 0 Å². The Morgan fingerprint density at radius 3 is 2.22 bits per heavy atom. The molecule has 0 radical (unpaired) electrons. The fourth-order valence-corrected chi connectivity index (χ4v) is 5.25. The number of benzene rings is 2. The van der Waals surface area contributed by atoms with E-state index in [1.807, 2.05) is 6.07 Å². The van der Waals surface area contributed by atoms with Gasteiger partial charge in [0.25, 0.3) is 0 Å². The molecule has 23 heavy (non-hydrogen) atoms. The summed E-state index contributed by atoms with van der Waals surface area (Å²) in [5.74, 6) is -1.26. The Morgan fingerprint density at radius 2 is 1.70 bits per heavy atom. The van der Waals surface area contributed by atoms with Crippen LogP contribution in [-0.4, -0.2) is 20.0 Å². The second-order valence-electron chi connectivity index (χ2n) is 5.47. The van der Waals surface area contributed by atoms with Crippen LogP contribution in [0, 0.1) is 22.6 Å². The number of sulfone groups is 1. The van der Waals surface area contributed by atoms with Gasteiger partial charge >= 0.3 is 0 Å². The van der Waals surface area contributed by atoms with E-state index in [1.54, 1.807) is 18.2 Å². The molecule has 2 aromatic rings. The standard InChI is InChI=1S/C17H12FNO3S/c18-13-8-6-12(7-9-13)15-16(17(15,10-19)11-20)23(21,22)14-4-2-1-3-5-14/h1-9,11,15-16H. The number of rotatable bonds is 4. The van der Waals surface area contributed by atoms with Crippen LogP contribution in [0.4, 0.5) is 4.39 Å². The number of nitrogens with zero attached hydrogens (tertiary/aromatic N) is 1. The molecule has 0 bridgehead atoms. The number of hydrogen-bond acceptors (Lipinski definition) is 4. The lowest BCUT2D eigenvalue weighted by Gasteiger charge is -2.03. The highest BCUT2D eigenvalue weighted by Crippen LogP contribution is 2.62. The van der Waals surface area contributed by atoms with Crippen LogP contribution in [0.15, 0.2) is 59.5 Å². The molecule has 0 heterocycles. The van der Waals surface area contributed by atoms with E-state index in [2.05, 4.69) is 0 Å². The van der Waals surface area contributed by atoms with Gasteiger partial charge in [-0.3, -0.25) is 0 Å². The van der Waals surface area contributed by atoms with E-state index in [-0.39, 0.29) is 4.90 Å². The first-order chi connectivity index (χ1) is 11.0. The molecule has 0 aliphatic heterocycles. The Labute approximate surface area is 133 Å². The molecule has 0 spiro atoms. The van der Waals surface area contributed by atoms with Crippen molar-refractivity contribution < 1.29 is 17.6 Å². The summed E-state index contributed by atoms with van der Waals surface area (Å²) >= 11 is 0. The van der Waals surface area contributed by atoms with Crippen LogP contribution >= 0.6 is 0 Å². The number of hydrogen-bond donors (Lipinski definition) is 0. The Hall–Kier alpha value is -2.52. The van der Waals surface area contributed by atoms with E-state index >= 15 is 0 Å². The zero-order valence-electron chi connectivity index (χ0n) is 11.9. The first-order valence-corrected chi connectivity index (χ1v) is 8.44. The maximum absolute atomic E-state index is 13.1. The third-order valence-electron chi connectivity index (χ3n) is 4.20. The predicted molar refractivity (Wildman–Crippen MR) is 80.7 cm³/mol. The summed E-state index contributed by atoms with van der Waals surface area (Å²) in [6.45, 7) is 0. The van der Waals surface area contributed by atoms with Crippen molar-refractivity contribution in [3.05, 3.63) is 66.0 Å². The normalized spacial score (nSPS) is 26.3. The molecule has 0 amide bonds. The highest BCUT2D eigenvalue weighted by Gasteiger charge is 2.72. The lowest BCUT2D eigenvalue weighted by Crippen LogP contribution is -2.16. The SMILES string of the molecule is N#CC1(C=O)C(c2ccc(F)cc2)C1S(=O)(=O)c1ccccc1.